The smallest absolute Gasteiger partial charge is 0.352 e. The minimum absolute atomic E-state index is 0.265. The normalized spacial score (nSPS) is 12.1. The fourth-order valence-corrected chi connectivity index (χ4v) is 4.05. The number of rotatable bonds is 3. The van der Waals surface area contributed by atoms with Gasteiger partial charge in [0.2, 0.25) is 0 Å². The number of thiazole rings is 1. The molecule has 0 aliphatic rings. The summed E-state index contributed by atoms with van der Waals surface area (Å²) in [4.78, 5) is 15.2. The van der Waals surface area contributed by atoms with Crippen LogP contribution in [0.1, 0.15) is 22.1 Å². The summed E-state index contributed by atoms with van der Waals surface area (Å²) in [6, 6.07) is 0. The number of anilines is 1. The quantitative estimate of drug-likeness (QED) is 0.695. The van der Waals surface area contributed by atoms with Gasteiger partial charge in [0.15, 0.2) is 5.69 Å². The van der Waals surface area contributed by atoms with E-state index in [-0.39, 0.29) is 6.54 Å². The van der Waals surface area contributed by atoms with Crippen molar-refractivity contribution in [3.05, 3.63) is 32.8 Å². The van der Waals surface area contributed by atoms with E-state index in [9.17, 15) is 13.2 Å². The molecule has 3 aromatic rings. The second kappa shape index (κ2) is 5.72. The number of hydrogen-bond donors (Lipinski definition) is 0. The number of thiophene rings is 1. The Kier molecular flexibility index (Phi) is 4.01. The predicted octanol–water partition coefficient (Wildman–Crippen LogP) is 4.42. The maximum absolute atomic E-state index is 12.6. The number of nitrogens with zero attached hydrogens (tertiary/aromatic N) is 4. The number of halogens is 3. The van der Waals surface area contributed by atoms with Crippen LogP contribution in [0.2, 0.25) is 0 Å². The number of aromatic nitrogens is 3. The zero-order valence-electron chi connectivity index (χ0n) is 12.6. The van der Waals surface area contributed by atoms with E-state index in [0.717, 1.165) is 38.3 Å². The van der Waals surface area contributed by atoms with Gasteiger partial charge in [0.05, 0.1) is 11.9 Å². The lowest BCUT2D eigenvalue weighted by atomic mass is 10.2. The van der Waals surface area contributed by atoms with E-state index >= 15 is 0 Å². The summed E-state index contributed by atoms with van der Waals surface area (Å²) in [5, 5.41) is 4.38. The van der Waals surface area contributed by atoms with Crippen LogP contribution in [0.3, 0.4) is 0 Å². The Morgan fingerprint density at radius 1 is 1.09 bits per heavy atom. The molecule has 122 valence electrons. The van der Waals surface area contributed by atoms with Crippen LogP contribution in [0.5, 0.6) is 0 Å². The summed E-state index contributed by atoms with van der Waals surface area (Å²) in [5.41, 5.74) is 0.212. The van der Waals surface area contributed by atoms with E-state index in [0.29, 0.717) is 10.8 Å². The first-order chi connectivity index (χ1) is 10.8. The standard InChI is InChI=1S/C14H13F3N4S2/c1-7-5-23-13-11(7)12(18-8(2)19-13)21(3)4-10-20-9(6-22-10)14(15,16)17/h5-6H,4H2,1-3H3. The maximum atomic E-state index is 12.6. The van der Waals surface area contributed by atoms with Crippen LogP contribution < -0.4 is 4.90 Å². The fourth-order valence-electron chi connectivity index (χ4n) is 2.23. The van der Waals surface area contributed by atoms with E-state index in [4.69, 9.17) is 0 Å². The molecule has 0 saturated carbocycles. The SMILES string of the molecule is Cc1nc(N(C)Cc2nc(C(F)(F)F)cs2)c2c(C)csc2n1. The van der Waals surface area contributed by atoms with Gasteiger partial charge in [-0.15, -0.1) is 22.7 Å². The van der Waals surface area contributed by atoms with Crippen LogP contribution in [0.25, 0.3) is 10.2 Å². The molecule has 9 heteroatoms. The highest BCUT2D eigenvalue weighted by molar-refractivity contribution is 7.17. The molecule has 0 aromatic carbocycles. The molecule has 0 radical (unpaired) electrons. The van der Waals surface area contributed by atoms with Crippen LogP contribution in [0.15, 0.2) is 10.8 Å². The Labute approximate surface area is 138 Å². The Hall–Kier alpha value is -1.74. The third-order valence-corrected chi connectivity index (χ3v) is 5.11. The predicted molar refractivity (Wildman–Crippen MR) is 86.1 cm³/mol. The molecular formula is C14H13F3N4S2. The average molecular weight is 358 g/mol. The maximum Gasteiger partial charge on any atom is 0.434 e. The molecule has 4 nitrogen and oxygen atoms in total. The molecule has 23 heavy (non-hydrogen) atoms. The largest absolute Gasteiger partial charge is 0.434 e. The van der Waals surface area contributed by atoms with E-state index in [1.165, 1.54) is 11.3 Å². The molecule has 0 aliphatic carbocycles. The second-order valence-corrected chi connectivity index (χ2v) is 6.97. The van der Waals surface area contributed by atoms with Gasteiger partial charge in [0.1, 0.15) is 21.5 Å². The molecule has 0 unspecified atom stereocenters. The first-order valence-corrected chi connectivity index (χ1v) is 8.47. The summed E-state index contributed by atoms with van der Waals surface area (Å²) in [5.74, 6) is 1.35. The summed E-state index contributed by atoms with van der Waals surface area (Å²) < 4.78 is 37.9. The lowest BCUT2D eigenvalue weighted by molar-refractivity contribution is -0.140. The summed E-state index contributed by atoms with van der Waals surface area (Å²) >= 11 is 2.54. The van der Waals surface area contributed by atoms with E-state index in [1.807, 2.05) is 17.2 Å². The highest BCUT2D eigenvalue weighted by Gasteiger charge is 2.33. The van der Waals surface area contributed by atoms with Crippen molar-refractivity contribution in [3.8, 4) is 0 Å². The number of hydrogen-bond acceptors (Lipinski definition) is 6. The van der Waals surface area contributed by atoms with Crippen LogP contribution in [-0.4, -0.2) is 22.0 Å². The molecule has 0 spiro atoms. The molecule has 0 fully saturated rings. The van der Waals surface area contributed by atoms with E-state index in [1.54, 1.807) is 14.0 Å². The van der Waals surface area contributed by atoms with Crippen molar-refractivity contribution in [2.24, 2.45) is 0 Å². The van der Waals surface area contributed by atoms with Crippen molar-refractivity contribution in [1.29, 1.82) is 0 Å². The average Bonchev–Trinajstić information content (AvgIpc) is 3.05. The van der Waals surface area contributed by atoms with E-state index < -0.39 is 11.9 Å². The van der Waals surface area contributed by atoms with Gasteiger partial charge in [-0.05, 0) is 24.8 Å². The van der Waals surface area contributed by atoms with E-state index in [2.05, 4.69) is 15.0 Å². The minimum Gasteiger partial charge on any atom is -0.352 e. The Balaban J connectivity index is 1.93. The van der Waals surface area contributed by atoms with Crippen molar-refractivity contribution in [2.75, 3.05) is 11.9 Å². The van der Waals surface area contributed by atoms with Gasteiger partial charge < -0.3 is 4.90 Å². The number of alkyl halides is 3. The molecule has 3 rings (SSSR count). The van der Waals surface area contributed by atoms with Crippen molar-refractivity contribution in [3.63, 3.8) is 0 Å². The minimum atomic E-state index is -4.41. The van der Waals surface area contributed by atoms with Gasteiger partial charge in [-0.3, -0.25) is 0 Å². The molecule has 3 aromatic heterocycles. The third-order valence-electron chi connectivity index (χ3n) is 3.29. The molecule has 0 saturated heterocycles. The summed E-state index contributed by atoms with van der Waals surface area (Å²) in [7, 11) is 1.80. The van der Waals surface area contributed by atoms with Crippen molar-refractivity contribution in [2.45, 2.75) is 26.6 Å². The highest BCUT2D eigenvalue weighted by Crippen LogP contribution is 2.33. The lowest BCUT2D eigenvalue weighted by Gasteiger charge is -2.18. The molecule has 3 heterocycles. The molecule has 0 amide bonds. The van der Waals surface area contributed by atoms with Crippen molar-refractivity contribution in [1.82, 2.24) is 15.0 Å². The van der Waals surface area contributed by atoms with Gasteiger partial charge in [-0.1, -0.05) is 0 Å². The molecule has 0 aliphatic heterocycles. The zero-order chi connectivity index (χ0) is 16.8. The Bertz CT molecular complexity index is 853. The van der Waals surface area contributed by atoms with Crippen molar-refractivity contribution >= 4 is 38.7 Å². The van der Waals surface area contributed by atoms with Gasteiger partial charge in [0.25, 0.3) is 0 Å². The summed E-state index contributed by atoms with van der Waals surface area (Å²) in [6.45, 7) is 4.04. The fraction of sp³-hybridized carbons (Fsp3) is 0.357. The monoisotopic (exact) mass is 358 g/mol. The van der Waals surface area contributed by atoms with Crippen molar-refractivity contribution < 1.29 is 13.2 Å². The number of fused-ring (bicyclic) bond motifs is 1. The van der Waals surface area contributed by atoms with Gasteiger partial charge in [-0.2, -0.15) is 13.2 Å². The molecular weight excluding hydrogens is 345 g/mol. The lowest BCUT2D eigenvalue weighted by Crippen LogP contribution is -2.19. The van der Waals surface area contributed by atoms with Crippen LogP contribution in [0.4, 0.5) is 19.0 Å². The summed E-state index contributed by atoms with van der Waals surface area (Å²) in [6.07, 6.45) is -4.41. The highest BCUT2D eigenvalue weighted by atomic mass is 32.1. The first-order valence-electron chi connectivity index (χ1n) is 6.71. The molecule has 0 bridgehead atoms. The Morgan fingerprint density at radius 2 is 1.83 bits per heavy atom. The zero-order valence-corrected chi connectivity index (χ0v) is 14.2. The first kappa shape index (κ1) is 16.1. The molecule has 0 N–H and O–H groups in total. The number of aryl methyl sites for hydroxylation is 2. The van der Waals surface area contributed by atoms with Gasteiger partial charge >= 0.3 is 6.18 Å². The Morgan fingerprint density at radius 3 is 2.48 bits per heavy atom. The van der Waals surface area contributed by atoms with Gasteiger partial charge in [-0.25, -0.2) is 15.0 Å². The van der Waals surface area contributed by atoms with Crippen LogP contribution in [0, 0.1) is 13.8 Å². The topological polar surface area (TPSA) is 41.9 Å². The van der Waals surface area contributed by atoms with Crippen LogP contribution >= 0.6 is 22.7 Å². The third kappa shape index (κ3) is 3.16. The second-order valence-electron chi connectivity index (χ2n) is 5.17. The van der Waals surface area contributed by atoms with Crippen LogP contribution in [-0.2, 0) is 12.7 Å². The molecule has 0 atom stereocenters. The van der Waals surface area contributed by atoms with Gasteiger partial charge in [0, 0.05) is 12.4 Å².